The summed E-state index contributed by atoms with van der Waals surface area (Å²) >= 11 is 1.40. The van der Waals surface area contributed by atoms with Gasteiger partial charge in [-0.15, -0.1) is 20.9 Å². The van der Waals surface area contributed by atoms with Crippen LogP contribution in [0.1, 0.15) is 33.2 Å². The number of aromatic nitrogens is 1. The van der Waals surface area contributed by atoms with Crippen LogP contribution in [0.3, 0.4) is 0 Å². The minimum absolute atomic E-state index is 0.119. The zero-order valence-electron chi connectivity index (χ0n) is 11.9. The number of rotatable bonds is 5. The molecule has 1 saturated heterocycles. The molecule has 1 atom stereocenters. The normalized spacial score (nSPS) is 20.1. The number of thiazole rings is 1. The third-order valence-electron chi connectivity index (χ3n) is 3.41. The third kappa shape index (κ3) is 3.97. The maximum atomic E-state index is 13.2. The van der Waals surface area contributed by atoms with Crippen LogP contribution in [-0.2, 0) is 6.42 Å². The molecule has 2 heterocycles. The molecule has 7 heteroatoms. The van der Waals surface area contributed by atoms with Gasteiger partial charge in [-0.05, 0) is 26.8 Å². The van der Waals surface area contributed by atoms with Gasteiger partial charge in [-0.2, -0.15) is 0 Å². The molecule has 0 radical (unpaired) electrons. The molecule has 1 aliphatic rings. The first kappa shape index (κ1) is 15.3. The molecule has 0 spiro atoms. The molecular weight excluding hydrogens is 279 g/mol. The van der Waals surface area contributed by atoms with Crippen LogP contribution in [0, 0.1) is 6.92 Å². The number of hydrogen-bond acceptors (Lipinski definition) is 5. The Hall–Kier alpha value is -1.05. The second-order valence-electron chi connectivity index (χ2n) is 5.06. The lowest BCUT2D eigenvalue weighted by molar-refractivity contribution is -0.00587. The predicted molar refractivity (Wildman–Crippen MR) is 77.7 cm³/mol. The van der Waals surface area contributed by atoms with Gasteiger partial charge in [0.15, 0.2) is 5.01 Å². The van der Waals surface area contributed by atoms with Crippen molar-refractivity contribution in [3.8, 4) is 0 Å². The molecule has 0 unspecified atom stereocenters. The van der Waals surface area contributed by atoms with Crippen LogP contribution in [0.5, 0.6) is 0 Å². The van der Waals surface area contributed by atoms with Gasteiger partial charge in [0.05, 0.1) is 5.69 Å². The Bertz CT molecular complexity index is 465. The number of nitrogens with one attached hydrogen (secondary N) is 2. The zero-order valence-corrected chi connectivity index (χ0v) is 12.7. The van der Waals surface area contributed by atoms with Crippen LogP contribution in [-0.4, -0.2) is 48.7 Å². The van der Waals surface area contributed by atoms with E-state index in [4.69, 9.17) is 0 Å². The van der Waals surface area contributed by atoms with Gasteiger partial charge < -0.3 is 10.6 Å². The molecule has 0 bridgehead atoms. The molecule has 1 fully saturated rings. The van der Waals surface area contributed by atoms with E-state index in [9.17, 15) is 9.28 Å². The van der Waals surface area contributed by atoms with Crippen molar-refractivity contribution in [2.24, 2.45) is 0 Å². The summed E-state index contributed by atoms with van der Waals surface area (Å²) in [6.07, 6.45) is 2.41. The van der Waals surface area contributed by atoms with Crippen LogP contribution in [0.4, 0.5) is 4.48 Å². The van der Waals surface area contributed by atoms with Crippen LogP contribution in [0.2, 0.25) is 0 Å². The molecule has 0 saturated carbocycles. The van der Waals surface area contributed by atoms with Crippen molar-refractivity contribution in [2.75, 3.05) is 26.7 Å². The topological polar surface area (TPSA) is 57.3 Å². The van der Waals surface area contributed by atoms with Crippen LogP contribution in [0.15, 0.2) is 0 Å². The quantitative estimate of drug-likeness (QED) is 0.805. The van der Waals surface area contributed by atoms with Crippen molar-refractivity contribution in [3.05, 3.63) is 15.6 Å². The van der Waals surface area contributed by atoms with E-state index in [0.717, 1.165) is 41.5 Å². The maximum Gasteiger partial charge on any atom is 0.280 e. The molecule has 2 N–H and O–H groups in total. The van der Waals surface area contributed by atoms with Crippen molar-refractivity contribution >= 4 is 17.2 Å². The van der Waals surface area contributed by atoms with E-state index < -0.39 is 0 Å². The lowest BCUT2D eigenvalue weighted by Gasteiger charge is -2.26. The smallest absolute Gasteiger partial charge is 0.280 e. The number of nitrogens with zero attached hydrogens (tertiary/aromatic N) is 2. The van der Waals surface area contributed by atoms with Gasteiger partial charge in [-0.3, -0.25) is 4.79 Å². The maximum absolute atomic E-state index is 13.2. The summed E-state index contributed by atoms with van der Waals surface area (Å²) in [7, 11) is 1.89. The average molecular weight is 300 g/mol. The lowest BCUT2D eigenvalue weighted by Crippen LogP contribution is -2.45. The third-order valence-corrected chi connectivity index (χ3v) is 4.42. The first-order valence-corrected chi connectivity index (χ1v) is 7.74. The van der Waals surface area contributed by atoms with Gasteiger partial charge in [0.2, 0.25) is 0 Å². The summed E-state index contributed by atoms with van der Waals surface area (Å²) in [5.74, 6) is -0.186. The number of hydrogen-bond donors (Lipinski definition) is 2. The van der Waals surface area contributed by atoms with Crippen molar-refractivity contribution in [3.63, 3.8) is 0 Å². The number of piperidine rings is 1. The summed E-state index contributed by atoms with van der Waals surface area (Å²) < 4.78 is 13.2. The number of aryl methyl sites for hydroxylation is 1. The van der Waals surface area contributed by atoms with E-state index in [1.165, 1.54) is 11.3 Å². The molecule has 5 nitrogen and oxygen atoms in total. The molecule has 1 aromatic heterocycles. The Morgan fingerprint density at radius 3 is 3.10 bits per heavy atom. The summed E-state index contributed by atoms with van der Waals surface area (Å²) in [5, 5.41) is 7.18. The summed E-state index contributed by atoms with van der Waals surface area (Å²) in [5.41, 5.74) is 0.963. The predicted octanol–water partition coefficient (Wildman–Crippen LogP) is 1.29. The number of carbonyl (C=O) groups excluding carboxylic acids is 1. The fourth-order valence-corrected chi connectivity index (χ4v) is 3.16. The lowest BCUT2D eigenvalue weighted by atomic mass is 10.1. The Morgan fingerprint density at radius 1 is 1.60 bits per heavy atom. The summed E-state index contributed by atoms with van der Waals surface area (Å²) in [4.78, 5) is 17.6. The molecule has 20 heavy (non-hydrogen) atoms. The van der Waals surface area contributed by atoms with Crippen LogP contribution < -0.4 is 10.6 Å². The number of amides is 1. The molecule has 2 rings (SSSR count). The number of carbonyl (C=O) groups is 1. The Labute approximate surface area is 122 Å². The molecule has 1 aliphatic heterocycles. The SMILES string of the molecule is CNCCc1nc(C(=O)N[C@H]2CCCN(F)C2)sc1C. The largest absolute Gasteiger partial charge is 0.346 e. The number of halogens is 1. The highest BCUT2D eigenvalue weighted by Crippen LogP contribution is 2.18. The van der Waals surface area contributed by atoms with E-state index in [1.54, 1.807) is 0 Å². The second-order valence-corrected chi connectivity index (χ2v) is 6.26. The van der Waals surface area contributed by atoms with Crippen LogP contribution >= 0.6 is 11.3 Å². The van der Waals surface area contributed by atoms with Gasteiger partial charge in [0, 0.05) is 37.0 Å². The summed E-state index contributed by atoms with van der Waals surface area (Å²) in [6, 6.07) is -0.119. The average Bonchev–Trinajstić information content (AvgIpc) is 2.78. The van der Waals surface area contributed by atoms with Gasteiger partial charge in [0.1, 0.15) is 0 Å². The first-order valence-electron chi connectivity index (χ1n) is 6.92. The van der Waals surface area contributed by atoms with Gasteiger partial charge in [0.25, 0.3) is 5.91 Å². The van der Waals surface area contributed by atoms with E-state index in [0.29, 0.717) is 11.6 Å². The summed E-state index contributed by atoms with van der Waals surface area (Å²) in [6.45, 7) is 3.54. The zero-order chi connectivity index (χ0) is 14.5. The monoisotopic (exact) mass is 300 g/mol. The highest BCUT2D eigenvalue weighted by Gasteiger charge is 2.23. The van der Waals surface area contributed by atoms with Crippen molar-refractivity contribution in [2.45, 2.75) is 32.2 Å². The Morgan fingerprint density at radius 2 is 2.40 bits per heavy atom. The molecular formula is C13H21FN4OS. The van der Waals surface area contributed by atoms with Gasteiger partial charge >= 0.3 is 0 Å². The minimum Gasteiger partial charge on any atom is -0.346 e. The molecule has 1 aromatic rings. The fourth-order valence-electron chi connectivity index (χ4n) is 2.30. The van der Waals surface area contributed by atoms with Crippen molar-refractivity contribution in [1.29, 1.82) is 0 Å². The number of likely N-dealkylation sites (N-methyl/N-ethyl adjacent to an activating group) is 1. The van der Waals surface area contributed by atoms with E-state index in [2.05, 4.69) is 15.6 Å². The minimum atomic E-state index is -0.186. The van der Waals surface area contributed by atoms with Crippen molar-refractivity contribution < 1.29 is 9.28 Å². The van der Waals surface area contributed by atoms with E-state index in [-0.39, 0.29) is 18.5 Å². The first-order chi connectivity index (χ1) is 9.60. The second kappa shape index (κ2) is 7.10. The molecule has 1 amide bonds. The Balaban J connectivity index is 1.95. The van der Waals surface area contributed by atoms with E-state index >= 15 is 0 Å². The molecule has 0 aromatic carbocycles. The van der Waals surface area contributed by atoms with Gasteiger partial charge in [-0.1, -0.05) is 0 Å². The Kier molecular flexibility index (Phi) is 5.45. The van der Waals surface area contributed by atoms with E-state index in [1.807, 2.05) is 14.0 Å². The van der Waals surface area contributed by atoms with Gasteiger partial charge in [-0.25, -0.2) is 4.98 Å². The molecule has 0 aliphatic carbocycles. The molecule has 112 valence electrons. The highest BCUT2D eigenvalue weighted by molar-refractivity contribution is 7.13. The fraction of sp³-hybridized carbons (Fsp3) is 0.692. The highest BCUT2D eigenvalue weighted by atomic mass is 32.1. The van der Waals surface area contributed by atoms with Crippen LogP contribution in [0.25, 0.3) is 0 Å². The van der Waals surface area contributed by atoms with Crippen molar-refractivity contribution in [1.82, 2.24) is 20.7 Å². The standard InChI is InChI=1S/C13H21FN4OS/c1-9-11(5-6-15-2)17-13(20-9)12(19)16-10-4-3-7-18(14)8-10/h10,15H,3-8H2,1-2H3,(H,16,19)/t10-/m0/s1.